The molecule has 0 radical (unpaired) electrons. The van der Waals surface area contributed by atoms with E-state index in [0.29, 0.717) is 22.8 Å². The first-order valence-electron chi connectivity index (χ1n) is 10.3. The van der Waals surface area contributed by atoms with Crippen molar-refractivity contribution in [2.24, 2.45) is 0 Å². The van der Waals surface area contributed by atoms with Crippen molar-refractivity contribution in [1.29, 1.82) is 0 Å². The Hall–Kier alpha value is -3.47. The predicted octanol–water partition coefficient (Wildman–Crippen LogP) is 5.30. The number of ketones is 1. The molecule has 3 aromatic carbocycles. The lowest BCUT2D eigenvalue weighted by atomic mass is 9.90. The Morgan fingerprint density at radius 2 is 1.66 bits per heavy atom. The summed E-state index contributed by atoms with van der Waals surface area (Å²) in [5, 5.41) is 11.8. The Morgan fingerprint density at radius 1 is 0.969 bits per heavy atom. The predicted molar refractivity (Wildman–Crippen MR) is 127 cm³/mol. The molecule has 1 heterocycles. The van der Waals surface area contributed by atoms with Gasteiger partial charge in [-0.15, -0.1) is 0 Å². The van der Waals surface area contributed by atoms with E-state index in [0.717, 1.165) is 11.1 Å². The third-order valence-corrected chi connectivity index (χ3v) is 5.62. The quantitative estimate of drug-likeness (QED) is 0.398. The van der Waals surface area contributed by atoms with E-state index in [4.69, 9.17) is 11.6 Å². The minimum atomic E-state index is -1.96. The number of fused-ring (bicyclic) bond motifs is 1. The Balaban J connectivity index is 1.55. The van der Waals surface area contributed by atoms with Gasteiger partial charge in [0, 0.05) is 10.6 Å². The summed E-state index contributed by atoms with van der Waals surface area (Å²) < 4.78 is 0. The van der Waals surface area contributed by atoms with Crippen molar-refractivity contribution in [2.75, 3.05) is 4.90 Å². The number of allylic oxidation sites excluding steroid dienone is 3. The normalized spacial score (nSPS) is 17.9. The van der Waals surface area contributed by atoms with Crippen molar-refractivity contribution in [1.82, 2.24) is 0 Å². The summed E-state index contributed by atoms with van der Waals surface area (Å²) in [7, 11) is 0. The van der Waals surface area contributed by atoms with Crippen LogP contribution in [0.25, 0.3) is 6.08 Å². The minimum Gasteiger partial charge on any atom is -0.375 e. The maximum atomic E-state index is 13.3. The molecule has 0 aliphatic carbocycles. The van der Waals surface area contributed by atoms with Crippen molar-refractivity contribution in [3.8, 4) is 0 Å². The fourth-order valence-corrected chi connectivity index (χ4v) is 3.99. The topological polar surface area (TPSA) is 57.6 Å². The fraction of sp³-hybridized carbons (Fsp3) is 0.111. The Labute approximate surface area is 192 Å². The number of aliphatic hydroxyl groups is 1. The highest BCUT2D eigenvalue weighted by atomic mass is 35.5. The Kier molecular flexibility index (Phi) is 6.35. The first-order chi connectivity index (χ1) is 15.5. The number of carbonyl (C=O) groups excluding carboxylic acids is 2. The van der Waals surface area contributed by atoms with Gasteiger partial charge < -0.3 is 10.0 Å². The molecular weight excluding hydrogens is 422 g/mol. The second-order valence-corrected chi connectivity index (χ2v) is 8.11. The van der Waals surface area contributed by atoms with Gasteiger partial charge in [-0.05, 0) is 35.4 Å². The zero-order chi connectivity index (χ0) is 22.6. The maximum absolute atomic E-state index is 13.3. The lowest BCUT2D eigenvalue weighted by Gasteiger charge is -2.22. The number of carbonyl (C=O) groups is 2. The van der Waals surface area contributed by atoms with Gasteiger partial charge in [-0.1, -0.05) is 90.5 Å². The Bertz CT molecular complexity index is 1190. The van der Waals surface area contributed by atoms with Crippen molar-refractivity contribution < 1.29 is 14.7 Å². The molecule has 0 bridgehead atoms. The zero-order valence-electron chi connectivity index (χ0n) is 17.3. The summed E-state index contributed by atoms with van der Waals surface area (Å²) in [6.45, 7) is 0.292. The summed E-state index contributed by atoms with van der Waals surface area (Å²) >= 11 is 6.15. The molecule has 4 rings (SSSR count). The number of anilines is 1. The zero-order valence-corrected chi connectivity index (χ0v) is 18.1. The standard InChI is InChI=1S/C27H22ClNO3/c28-22-15-16-25-24(17-22)27(32,26(31)29(25)19-21-12-5-2-6-13-21)18-23(30)14-8-7-11-20-9-3-1-4-10-20/h1-17,32H,18-19H2/b11-7+,14-8+. The second kappa shape index (κ2) is 9.35. The van der Waals surface area contributed by atoms with Crippen LogP contribution in [0.3, 0.4) is 0 Å². The van der Waals surface area contributed by atoms with Crippen LogP contribution in [0.15, 0.2) is 97.1 Å². The number of halogens is 1. The number of nitrogens with zero attached hydrogens (tertiary/aromatic N) is 1. The molecule has 3 aromatic rings. The van der Waals surface area contributed by atoms with E-state index in [2.05, 4.69) is 0 Å². The largest absolute Gasteiger partial charge is 0.375 e. The molecule has 1 aliphatic rings. The molecule has 4 nitrogen and oxygen atoms in total. The van der Waals surface area contributed by atoms with Crippen molar-refractivity contribution in [2.45, 2.75) is 18.6 Å². The molecule has 32 heavy (non-hydrogen) atoms. The van der Waals surface area contributed by atoms with Gasteiger partial charge in [0.05, 0.1) is 18.7 Å². The molecule has 1 atom stereocenters. The lowest BCUT2D eigenvalue weighted by molar-refractivity contribution is -0.140. The highest BCUT2D eigenvalue weighted by molar-refractivity contribution is 6.31. The van der Waals surface area contributed by atoms with Gasteiger partial charge in [0.1, 0.15) is 0 Å². The third-order valence-electron chi connectivity index (χ3n) is 5.39. The van der Waals surface area contributed by atoms with Crippen molar-refractivity contribution in [3.05, 3.63) is 119 Å². The molecule has 1 aliphatic heterocycles. The second-order valence-electron chi connectivity index (χ2n) is 7.67. The van der Waals surface area contributed by atoms with Crippen molar-refractivity contribution in [3.63, 3.8) is 0 Å². The highest BCUT2D eigenvalue weighted by Gasteiger charge is 2.50. The first-order valence-corrected chi connectivity index (χ1v) is 10.7. The molecular formula is C27H22ClNO3. The van der Waals surface area contributed by atoms with Crippen LogP contribution in [-0.2, 0) is 21.7 Å². The van der Waals surface area contributed by atoms with Gasteiger partial charge in [0.2, 0.25) is 0 Å². The van der Waals surface area contributed by atoms with E-state index in [-0.39, 0.29) is 12.2 Å². The molecule has 5 heteroatoms. The van der Waals surface area contributed by atoms with Gasteiger partial charge >= 0.3 is 0 Å². The third kappa shape index (κ3) is 4.57. The highest BCUT2D eigenvalue weighted by Crippen LogP contribution is 2.44. The summed E-state index contributed by atoms with van der Waals surface area (Å²) in [6.07, 6.45) is 6.24. The van der Waals surface area contributed by atoms with E-state index < -0.39 is 11.5 Å². The van der Waals surface area contributed by atoms with Crippen LogP contribution in [0, 0.1) is 0 Å². The average Bonchev–Trinajstić information content (AvgIpc) is 2.99. The van der Waals surface area contributed by atoms with E-state index in [1.54, 1.807) is 30.4 Å². The van der Waals surface area contributed by atoms with Crippen LogP contribution >= 0.6 is 11.6 Å². The number of rotatable bonds is 7. The summed E-state index contributed by atoms with van der Waals surface area (Å²) in [4.78, 5) is 27.4. The fourth-order valence-electron chi connectivity index (χ4n) is 3.82. The Morgan fingerprint density at radius 3 is 2.38 bits per heavy atom. The van der Waals surface area contributed by atoms with E-state index >= 15 is 0 Å². The minimum absolute atomic E-state index is 0.292. The number of hydrogen-bond donors (Lipinski definition) is 1. The summed E-state index contributed by atoms with van der Waals surface area (Å²) in [5.41, 5.74) is 0.885. The average molecular weight is 444 g/mol. The number of amides is 1. The smallest absolute Gasteiger partial charge is 0.264 e. The molecule has 0 saturated carbocycles. The van der Waals surface area contributed by atoms with Crippen LogP contribution in [0.2, 0.25) is 5.02 Å². The molecule has 0 saturated heterocycles. The van der Waals surface area contributed by atoms with Crippen LogP contribution in [0.1, 0.15) is 23.1 Å². The van der Waals surface area contributed by atoms with Gasteiger partial charge in [-0.2, -0.15) is 0 Å². The van der Waals surface area contributed by atoms with E-state index in [1.807, 2.05) is 66.7 Å². The van der Waals surface area contributed by atoms with Crippen molar-refractivity contribution >= 4 is 35.1 Å². The first kappa shape index (κ1) is 21.8. The maximum Gasteiger partial charge on any atom is 0.264 e. The molecule has 0 spiro atoms. The van der Waals surface area contributed by atoms with Crippen LogP contribution < -0.4 is 4.90 Å². The molecule has 1 amide bonds. The van der Waals surface area contributed by atoms with Gasteiger partial charge in [-0.3, -0.25) is 9.59 Å². The van der Waals surface area contributed by atoms with Gasteiger partial charge in [0.25, 0.3) is 5.91 Å². The molecule has 160 valence electrons. The van der Waals surface area contributed by atoms with Crippen LogP contribution in [0.5, 0.6) is 0 Å². The van der Waals surface area contributed by atoms with Gasteiger partial charge in [-0.25, -0.2) is 0 Å². The monoisotopic (exact) mass is 443 g/mol. The van der Waals surface area contributed by atoms with E-state index in [1.165, 1.54) is 11.0 Å². The van der Waals surface area contributed by atoms with Crippen LogP contribution in [0.4, 0.5) is 5.69 Å². The molecule has 0 fully saturated rings. The lowest BCUT2D eigenvalue weighted by Crippen LogP contribution is -2.41. The van der Waals surface area contributed by atoms with E-state index in [9.17, 15) is 14.7 Å². The summed E-state index contributed by atoms with van der Waals surface area (Å²) in [6, 6.07) is 24.1. The SMILES string of the molecule is O=C(/C=C/C=C/c1ccccc1)CC1(O)C(=O)N(Cc2ccccc2)c2ccc(Cl)cc21. The molecule has 1 N–H and O–H groups in total. The number of benzene rings is 3. The summed E-state index contributed by atoms with van der Waals surface area (Å²) in [5.74, 6) is -0.883. The number of hydrogen-bond acceptors (Lipinski definition) is 3. The van der Waals surface area contributed by atoms with Crippen LogP contribution in [-0.4, -0.2) is 16.8 Å². The molecule has 1 unspecified atom stereocenters. The van der Waals surface area contributed by atoms with Gasteiger partial charge in [0.15, 0.2) is 11.4 Å². The molecule has 0 aromatic heterocycles.